The Kier molecular flexibility index (Phi) is 11.8. The molecule has 0 heterocycles. The first-order valence-corrected chi connectivity index (χ1v) is 11.6. The van der Waals surface area contributed by atoms with E-state index in [1.807, 2.05) is 20.8 Å². The molecule has 0 bridgehead atoms. The molecule has 0 amide bonds. The van der Waals surface area contributed by atoms with Crippen molar-refractivity contribution in [3.05, 3.63) is 9.66 Å². The van der Waals surface area contributed by atoms with Crippen molar-refractivity contribution in [3.63, 3.8) is 0 Å². The first-order valence-electron chi connectivity index (χ1n) is 10.5. The Morgan fingerprint density at radius 2 is 1.74 bits per heavy atom. The largest absolute Gasteiger partial charge is 0.460 e. The van der Waals surface area contributed by atoms with Crippen LogP contribution in [0.4, 0.5) is 0 Å². The molecule has 0 fully saturated rings. The van der Waals surface area contributed by atoms with Gasteiger partial charge in [0.15, 0.2) is 5.78 Å². The van der Waals surface area contributed by atoms with E-state index in [0.717, 1.165) is 35.7 Å². The molecule has 0 saturated carbocycles. The van der Waals surface area contributed by atoms with Crippen LogP contribution in [0.3, 0.4) is 0 Å². The van der Waals surface area contributed by atoms with Crippen LogP contribution < -0.4 is 0 Å². The zero-order valence-electron chi connectivity index (χ0n) is 17.5. The number of ether oxygens (including phenoxy) is 2. The maximum Gasteiger partial charge on any atom is 0.306 e. The number of carbonyl (C=O) groups excluding carboxylic acids is 2. The minimum Gasteiger partial charge on any atom is -0.460 e. The second kappa shape index (κ2) is 12.9. The van der Waals surface area contributed by atoms with Crippen LogP contribution >= 0.6 is 22.6 Å². The first kappa shape index (κ1) is 24.6. The Hall–Kier alpha value is -0.430. The third-order valence-corrected chi connectivity index (χ3v) is 5.57. The molecule has 0 aromatic heterocycles. The third kappa shape index (κ3) is 10.6. The molecular weight excluding hydrogens is 455 g/mol. The molecule has 27 heavy (non-hydrogen) atoms. The summed E-state index contributed by atoms with van der Waals surface area (Å²) in [6.07, 6.45) is 11.8. The molecule has 1 aliphatic carbocycles. The number of halogens is 1. The molecule has 0 N–H and O–H groups in total. The van der Waals surface area contributed by atoms with Crippen molar-refractivity contribution >= 4 is 34.3 Å². The lowest BCUT2D eigenvalue weighted by Gasteiger charge is -2.21. The number of allylic oxidation sites excluding steroid dienone is 1. The summed E-state index contributed by atoms with van der Waals surface area (Å²) in [5, 5.41) is 0. The summed E-state index contributed by atoms with van der Waals surface area (Å²) in [6.45, 7) is 8.51. The highest BCUT2D eigenvalue weighted by atomic mass is 127. The molecular formula is C22H37IO4. The van der Waals surface area contributed by atoms with E-state index in [0.29, 0.717) is 13.0 Å². The van der Waals surface area contributed by atoms with Gasteiger partial charge in [0.05, 0.1) is 12.0 Å². The lowest BCUT2D eigenvalue weighted by Crippen LogP contribution is -2.25. The van der Waals surface area contributed by atoms with Crippen molar-refractivity contribution in [3.8, 4) is 0 Å². The van der Waals surface area contributed by atoms with Gasteiger partial charge in [-0.1, -0.05) is 45.4 Å². The van der Waals surface area contributed by atoms with E-state index < -0.39 is 5.60 Å². The minimum atomic E-state index is -0.413. The quantitative estimate of drug-likeness (QED) is 0.176. The van der Waals surface area contributed by atoms with Gasteiger partial charge in [-0.2, -0.15) is 0 Å². The summed E-state index contributed by atoms with van der Waals surface area (Å²) in [5.41, 5.74) is -0.413. The molecule has 2 atom stereocenters. The summed E-state index contributed by atoms with van der Waals surface area (Å²) in [5.74, 6) is 0.0931. The zero-order chi connectivity index (χ0) is 20.3. The monoisotopic (exact) mass is 492 g/mol. The zero-order valence-corrected chi connectivity index (χ0v) is 19.7. The van der Waals surface area contributed by atoms with Gasteiger partial charge in [-0.3, -0.25) is 9.59 Å². The number of rotatable bonds is 13. The topological polar surface area (TPSA) is 52.6 Å². The fourth-order valence-electron chi connectivity index (χ4n) is 3.27. The number of hydrogen-bond acceptors (Lipinski definition) is 4. The molecule has 0 aromatic carbocycles. The van der Waals surface area contributed by atoms with Gasteiger partial charge in [0.1, 0.15) is 5.60 Å². The molecule has 5 heteroatoms. The van der Waals surface area contributed by atoms with Crippen molar-refractivity contribution in [2.45, 2.75) is 104 Å². The smallest absolute Gasteiger partial charge is 0.306 e. The first-order chi connectivity index (χ1) is 12.7. The normalized spacial score (nSPS) is 20.0. The average molecular weight is 492 g/mol. The number of ketones is 1. The highest BCUT2D eigenvalue weighted by molar-refractivity contribution is 14.1. The second-order valence-corrected chi connectivity index (χ2v) is 9.68. The second-order valence-electron chi connectivity index (χ2n) is 8.43. The van der Waals surface area contributed by atoms with Crippen LogP contribution in [-0.2, 0) is 19.1 Å². The molecule has 156 valence electrons. The van der Waals surface area contributed by atoms with E-state index in [2.05, 4.69) is 29.5 Å². The highest BCUT2D eigenvalue weighted by Crippen LogP contribution is 2.33. The lowest BCUT2D eigenvalue weighted by atomic mass is 9.95. The SMILES string of the molecule is CCCCCCC[C@H]1C(=O)C=C(I)[C@H]1OCCCCCC(=O)OC(C)(C)C. The van der Waals surface area contributed by atoms with Crippen molar-refractivity contribution in [2.75, 3.05) is 6.61 Å². The van der Waals surface area contributed by atoms with E-state index in [9.17, 15) is 9.59 Å². The van der Waals surface area contributed by atoms with Crippen LogP contribution in [0.1, 0.15) is 91.9 Å². The van der Waals surface area contributed by atoms with Gasteiger partial charge in [-0.05, 0) is 68.7 Å². The molecule has 0 saturated heterocycles. The Morgan fingerprint density at radius 3 is 2.41 bits per heavy atom. The molecule has 0 unspecified atom stereocenters. The predicted octanol–water partition coefficient (Wildman–Crippen LogP) is 6.15. The van der Waals surface area contributed by atoms with Gasteiger partial charge in [0, 0.05) is 16.6 Å². The van der Waals surface area contributed by atoms with Crippen LogP contribution in [-0.4, -0.2) is 30.1 Å². The summed E-state index contributed by atoms with van der Waals surface area (Å²) in [6, 6.07) is 0. The molecule has 0 aromatic rings. The van der Waals surface area contributed by atoms with Crippen LogP contribution in [0.5, 0.6) is 0 Å². The predicted molar refractivity (Wildman–Crippen MR) is 118 cm³/mol. The molecule has 0 spiro atoms. The van der Waals surface area contributed by atoms with Crippen LogP contribution in [0.15, 0.2) is 9.66 Å². The standard InChI is InChI=1S/C22H37IO4/c1-5-6-7-8-10-13-17-19(24)16-18(23)21(17)26-15-12-9-11-14-20(25)27-22(2,3)4/h16-17,21H,5-15H2,1-4H3/t17-,21-/m0/s1. The number of hydrogen-bond donors (Lipinski definition) is 0. The highest BCUT2D eigenvalue weighted by Gasteiger charge is 2.35. The van der Waals surface area contributed by atoms with Gasteiger partial charge in [-0.15, -0.1) is 0 Å². The van der Waals surface area contributed by atoms with E-state index in [1.54, 1.807) is 6.08 Å². The molecule has 0 radical (unpaired) electrons. The summed E-state index contributed by atoms with van der Waals surface area (Å²) < 4.78 is 12.4. The Balaban J connectivity index is 2.22. The van der Waals surface area contributed by atoms with Crippen molar-refractivity contribution < 1.29 is 19.1 Å². The fourth-order valence-corrected chi connectivity index (χ4v) is 4.20. The van der Waals surface area contributed by atoms with E-state index >= 15 is 0 Å². The van der Waals surface area contributed by atoms with Crippen molar-refractivity contribution in [2.24, 2.45) is 5.92 Å². The number of carbonyl (C=O) groups is 2. The maximum atomic E-state index is 12.2. The number of unbranched alkanes of at least 4 members (excludes halogenated alkanes) is 6. The molecule has 4 nitrogen and oxygen atoms in total. The average Bonchev–Trinajstić information content (AvgIpc) is 2.82. The third-order valence-electron chi connectivity index (χ3n) is 4.64. The van der Waals surface area contributed by atoms with E-state index in [1.165, 1.54) is 25.7 Å². The molecule has 1 aliphatic rings. The van der Waals surface area contributed by atoms with E-state index in [4.69, 9.17) is 9.47 Å². The molecule has 0 aliphatic heterocycles. The van der Waals surface area contributed by atoms with Crippen LogP contribution in [0.2, 0.25) is 0 Å². The van der Waals surface area contributed by atoms with Crippen LogP contribution in [0.25, 0.3) is 0 Å². The molecule has 1 rings (SSSR count). The summed E-state index contributed by atoms with van der Waals surface area (Å²) in [4.78, 5) is 23.9. The summed E-state index contributed by atoms with van der Waals surface area (Å²) in [7, 11) is 0. The Bertz CT molecular complexity index is 493. The van der Waals surface area contributed by atoms with Gasteiger partial charge in [0.2, 0.25) is 0 Å². The van der Waals surface area contributed by atoms with E-state index in [-0.39, 0.29) is 23.8 Å². The minimum absolute atomic E-state index is 0.000268. The fraction of sp³-hybridized carbons (Fsp3) is 0.818. The lowest BCUT2D eigenvalue weighted by molar-refractivity contribution is -0.155. The number of esters is 1. The van der Waals surface area contributed by atoms with Crippen LogP contribution in [0, 0.1) is 5.92 Å². The van der Waals surface area contributed by atoms with Gasteiger partial charge < -0.3 is 9.47 Å². The van der Waals surface area contributed by atoms with Gasteiger partial charge >= 0.3 is 5.97 Å². The van der Waals surface area contributed by atoms with Crippen molar-refractivity contribution in [1.29, 1.82) is 0 Å². The Morgan fingerprint density at radius 1 is 1.07 bits per heavy atom. The van der Waals surface area contributed by atoms with Crippen molar-refractivity contribution in [1.82, 2.24) is 0 Å². The van der Waals surface area contributed by atoms with Gasteiger partial charge in [-0.25, -0.2) is 0 Å². The summed E-state index contributed by atoms with van der Waals surface area (Å²) >= 11 is 2.24. The van der Waals surface area contributed by atoms with Gasteiger partial charge in [0.25, 0.3) is 0 Å². The Labute approximate surface area is 179 Å². The maximum absolute atomic E-state index is 12.2.